The molecule has 124 valence electrons. The molecule has 2 heterocycles. The molecule has 0 aliphatic carbocycles. The second-order valence-electron chi connectivity index (χ2n) is 5.93. The van der Waals surface area contributed by atoms with Gasteiger partial charge in [-0.15, -0.1) is 0 Å². The highest BCUT2D eigenvalue weighted by molar-refractivity contribution is 5.80. The Hall–Kier alpha value is -1.56. The maximum atomic E-state index is 5.27. The normalized spacial score (nSPS) is 19.0. The predicted molar refractivity (Wildman–Crippen MR) is 89.1 cm³/mol. The van der Waals surface area contributed by atoms with Crippen molar-refractivity contribution in [1.82, 2.24) is 20.0 Å². The SMILES string of the molecule is CCNC(=NCCCn1cc(C)cn1)N1CCC(COC)C1. The van der Waals surface area contributed by atoms with Gasteiger partial charge in [0.15, 0.2) is 5.96 Å². The minimum absolute atomic E-state index is 0.626. The van der Waals surface area contributed by atoms with Crippen LogP contribution in [0, 0.1) is 12.8 Å². The van der Waals surface area contributed by atoms with Crippen LogP contribution in [0.1, 0.15) is 25.3 Å². The molecule has 1 aromatic heterocycles. The van der Waals surface area contributed by atoms with Gasteiger partial charge in [0, 0.05) is 51.9 Å². The number of rotatable bonds is 7. The fraction of sp³-hybridized carbons (Fsp3) is 0.750. The molecule has 1 fully saturated rings. The number of ether oxygens (including phenoxy) is 1. The van der Waals surface area contributed by atoms with Crippen molar-refractivity contribution in [2.45, 2.75) is 33.2 Å². The van der Waals surface area contributed by atoms with Gasteiger partial charge in [-0.2, -0.15) is 5.10 Å². The van der Waals surface area contributed by atoms with Gasteiger partial charge in [0.1, 0.15) is 0 Å². The number of aliphatic imine (C=N–C) groups is 1. The third-order valence-electron chi connectivity index (χ3n) is 3.89. The zero-order valence-electron chi connectivity index (χ0n) is 14.1. The molecule has 0 bridgehead atoms. The number of likely N-dealkylation sites (tertiary alicyclic amines) is 1. The minimum Gasteiger partial charge on any atom is -0.384 e. The van der Waals surface area contributed by atoms with Crippen LogP contribution in [0.4, 0.5) is 0 Å². The number of aromatic nitrogens is 2. The molecule has 0 saturated carbocycles. The summed E-state index contributed by atoms with van der Waals surface area (Å²) in [5.74, 6) is 1.67. The zero-order valence-corrected chi connectivity index (χ0v) is 14.1. The number of methoxy groups -OCH3 is 1. The van der Waals surface area contributed by atoms with Gasteiger partial charge >= 0.3 is 0 Å². The number of hydrogen-bond donors (Lipinski definition) is 1. The van der Waals surface area contributed by atoms with Crippen LogP contribution in [0.2, 0.25) is 0 Å². The maximum absolute atomic E-state index is 5.27. The topological polar surface area (TPSA) is 54.7 Å². The first-order valence-electron chi connectivity index (χ1n) is 8.24. The molecular formula is C16H29N5O. The molecule has 0 amide bonds. The van der Waals surface area contributed by atoms with Crippen LogP contribution in [0.25, 0.3) is 0 Å². The van der Waals surface area contributed by atoms with Crippen molar-refractivity contribution in [3.05, 3.63) is 18.0 Å². The van der Waals surface area contributed by atoms with Crippen molar-refractivity contribution in [3.8, 4) is 0 Å². The van der Waals surface area contributed by atoms with Gasteiger partial charge in [-0.3, -0.25) is 9.67 Å². The van der Waals surface area contributed by atoms with E-state index in [9.17, 15) is 0 Å². The molecule has 1 aromatic rings. The fourth-order valence-electron chi connectivity index (χ4n) is 2.83. The predicted octanol–water partition coefficient (Wildman–Crippen LogP) is 1.52. The second-order valence-corrected chi connectivity index (χ2v) is 5.93. The van der Waals surface area contributed by atoms with Crippen LogP contribution in [0.3, 0.4) is 0 Å². The van der Waals surface area contributed by atoms with Crippen molar-refractivity contribution in [1.29, 1.82) is 0 Å². The highest BCUT2D eigenvalue weighted by Gasteiger charge is 2.24. The highest BCUT2D eigenvalue weighted by Crippen LogP contribution is 2.16. The summed E-state index contributed by atoms with van der Waals surface area (Å²) < 4.78 is 7.25. The van der Waals surface area contributed by atoms with E-state index in [1.807, 2.05) is 10.9 Å². The van der Waals surface area contributed by atoms with Gasteiger partial charge in [0.25, 0.3) is 0 Å². The summed E-state index contributed by atoms with van der Waals surface area (Å²) in [6, 6.07) is 0. The van der Waals surface area contributed by atoms with E-state index in [4.69, 9.17) is 9.73 Å². The van der Waals surface area contributed by atoms with E-state index in [0.717, 1.165) is 51.7 Å². The van der Waals surface area contributed by atoms with E-state index in [1.54, 1.807) is 7.11 Å². The van der Waals surface area contributed by atoms with E-state index in [1.165, 1.54) is 12.0 Å². The van der Waals surface area contributed by atoms with Gasteiger partial charge in [-0.05, 0) is 32.3 Å². The van der Waals surface area contributed by atoms with Gasteiger partial charge in [-0.25, -0.2) is 0 Å². The van der Waals surface area contributed by atoms with E-state index in [-0.39, 0.29) is 0 Å². The molecule has 0 radical (unpaired) electrons. The summed E-state index contributed by atoms with van der Waals surface area (Å²) in [6.07, 6.45) is 6.16. The largest absolute Gasteiger partial charge is 0.384 e. The van der Waals surface area contributed by atoms with Crippen LogP contribution < -0.4 is 5.32 Å². The van der Waals surface area contributed by atoms with Crippen LogP contribution in [-0.4, -0.2) is 60.5 Å². The monoisotopic (exact) mass is 307 g/mol. The zero-order chi connectivity index (χ0) is 15.8. The van der Waals surface area contributed by atoms with E-state index in [2.05, 4.69) is 35.4 Å². The Bertz CT molecular complexity index is 471. The van der Waals surface area contributed by atoms with E-state index >= 15 is 0 Å². The molecule has 6 heteroatoms. The minimum atomic E-state index is 0.626. The van der Waals surface area contributed by atoms with Crippen LogP contribution in [0.15, 0.2) is 17.4 Å². The Morgan fingerprint density at radius 3 is 3.09 bits per heavy atom. The molecule has 1 unspecified atom stereocenters. The first kappa shape index (κ1) is 16.8. The van der Waals surface area contributed by atoms with Crippen molar-refractivity contribution < 1.29 is 4.74 Å². The Kier molecular flexibility index (Phi) is 6.71. The Balaban J connectivity index is 1.79. The third-order valence-corrected chi connectivity index (χ3v) is 3.89. The van der Waals surface area contributed by atoms with Gasteiger partial charge < -0.3 is 15.0 Å². The van der Waals surface area contributed by atoms with Crippen LogP contribution in [-0.2, 0) is 11.3 Å². The van der Waals surface area contributed by atoms with Gasteiger partial charge in [-0.1, -0.05) is 0 Å². The molecule has 22 heavy (non-hydrogen) atoms. The number of nitrogens with one attached hydrogen (secondary N) is 1. The summed E-state index contributed by atoms with van der Waals surface area (Å²) in [5, 5.41) is 7.71. The third kappa shape index (κ3) is 5.02. The summed E-state index contributed by atoms with van der Waals surface area (Å²) in [5.41, 5.74) is 1.21. The molecule has 1 saturated heterocycles. The molecule has 1 aliphatic rings. The summed E-state index contributed by atoms with van der Waals surface area (Å²) in [7, 11) is 1.78. The van der Waals surface area contributed by atoms with Crippen LogP contribution in [0.5, 0.6) is 0 Å². The molecular weight excluding hydrogens is 278 g/mol. The number of hydrogen-bond acceptors (Lipinski definition) is 3. The summed E-state index contributed by atoms with van der Waals surface area (Å²) in [4.78, 5) is 7.11. The smallest absolute Gasteiger partial charge is 0.193 e. The Labute approximate surface area is 133 Å². The van der Waals surface area contributed by atoms with Gasteiger partial charge in [0.2, 0.25) is 0 Å². The molecule has 0 spiro atoms. The number of aryl methyl sites for hydroxylation is 2. The lowest BCUT2D eigenvalue weighted by Gasteiger charge is -2.21. The fourth-order valence-corrected chi connectivity index (χ4v) is 2.83. The molecule has 6 nitrogen and oxygen atoms in total. The van der Waals surface area contributed by atoms with Crippen molar-refractivity contribution in [3.63, 3.8) is 0 Å². The average Bonchev–Trinajstić information content (AvgIpc) is 3.12. The van der Waals surface area contributed by atoms with Crippen molar-refractivity contribution >= 4 is 5.96 Å². The average molecular weight is 307 g/mol. The highest BCUT2D eigenvalue weighted by atomic mass is 16.5. The lowest BCUT2D eigenvalue weighted by Crippen LogP contribution is -2.40. The molecule has 1 atom stereocenters. The number of guanidine groups is 1. The lowest BCUT2D eigenvalue weighted by molar-refractivity contribution is 0.157. The van der Waals surface area contributed by atoms with Gasteiger partial charge in [0.05, 0.1) is 12.8 Å². The van der Waals surface area contributed by atoms with Crippen LogP contribution >= 0.6 is 0 Å². The number of nitrogens with zero attached hydrogens (tertiary/aromatic N) is 4. The second kappa shape index (κ2) is 8.78. The van der Waals surface area contributed by atoms with Crippen molar-refractivity contribution in [2.75, 3.05) is 39.9 Å². The summed E-state index contributed by atoms with van der Waals surface area (Å²) in [6.45, 7) is 9.78. The standard InChI is InChI=1S/C16H29N5O/c1-4-17-16(20-9-6-15(12-20)13-22-3)18-7-5-8-21-11-14(2)10-19-21/h10-11,15H,4-9,12-13H2,1-3H3,(H,17,18). The Morgan fingerprint density at radius 1 is 1.55 bits per heavy atom. The quantitative estimate of drug-likeness (QED) is 0.471. The molecule has 0 aromatic carbocycles. The van der Waals surface area contributed by atoms with E-state index < -0.39 is 0 Å². The molecule has 1 aliphatic heterocycles. The summed E-state index contributed by atoms with van der Waals surface area (Å²) >= 11 is 0. The van der Waals surface area contributed by atoms with Crippen molar-refractivity contribution in [2.24, 2.45) is 10.9 Å². The van der Waals surface area contributed by atoms with E-state index in [0.29, 0.717) is 5.92 Å². The maximum Gasteiger partial charge on any atom is 0.193 e. The first-order chi connectivity index (χ1) is 10.7. The Morgan fingerprint density at radius 2 is 2.41 bits per heavy atom. The molecule has 1 N–H and O–H groups in total. The molecule has 2 rings (SSSR count). The lowest BCUT2D eigenvalue weighted by atomic mass is 10.1. The first-order valence-corrected chi connectivity index (χ1v) is 8.24.